The molecule has 23 heavy (non-hydrogen) atoms. The van der Waals surface area contributed by atoms with Gasteiger partial charge in [-0.2, -0.15) is 0 Å². The smallest absolute Gasteiger partial charge is 0.255 e. The Bertz CT molecular complexity index is 817. The average Bonchev–Trinajstić information content (AvgIpc) is 3.10. The highest BCUT2D eigenvalue weighted by atomic mass is 16.3. The van der Waals surface area contributed by atoms with Gasteiger partial charge in [0.15, 0.2) is 0 Å². The van der Waals surface area contributed by atoms with Crippen LogP contribution in [-0.2, 0) is 10.3 Å². The Kier molecular flexibility index (Phi) is 2.91. The predicted octanol–water partition coefficient (Wildman–Crippen LogP) is 2.48. The topological polar surface area (TPSA) is 69.6 Å². The van der Waals surface area contributed by atoms with Gasteiger partial charge in [0.25, 0.3) is 11.8 Å². The quantitative estimate of drug-likeness (QED) is 0.837. The molecular weight excluding hydrogens is 292 g/mol. The minimum absolute atomic E-state index is 0.0133. The van der Waals surface area contributed by atoms with Crippen molar-refractivity contribution < 1.29 is 14.7 Å². The molecule has 0 saturated carbocycles. The summed E-state index contributed by atoms with van der Waals surface area (Å²) in [6.45, 7) is 0.571. The van der Waals surface area contributed by atoms with Gasteiger partial charge in [0.2, 0.25) is 0 Å². The second kappa shape index (κ2) is 4.84. The van der Waals surface area contributed by atoms with Crippen molar-refractivity contribution in [2.24, 2.45) is 0 Å². The standard InChI is InChI=1S/C18H16N2O3/c21-15-9-4-3-8-14(15)19-17(23)18-10-5-11-20(18)16(22)12-6-1-2-7-13(12)18/h1-4,6-9,21H,5,10-11H2,(H,19,23)/t18-/m1/s1. The van der Waals surface area contributed by atoms with Gasteiger partial charge in [0.1, 0.15) is 11.3 Å². The summed E-state index contributed by atoms with van der Waals surface area (Å²) >= 11 is 0. The van der Waals surface area contributed by atoms with E-state index in [1.165, 1.54) is 6.07 Å². The summed E-state index contributed by atoms with van der Waals surface area (Å²) in [6, 6.07) is 13.9. The lowest BCUT2D eigenvalue weighted by Gasteiger charge is -2.31. The third kappa shape index (κ3) is 1.79. The molecule has 2 N–H and O–H groups in total. The summed E-state index contributed by atoms with van der Waals surface area (Å²) in [4.78, 5) is 27.3. The van der Waals surface area contributed by atoms with E-state index in [9.17, 15) is 14.7 Å². The first-order valence-electron chi connectivity index (χ1n) is 7.65. The van der Waals surface area contributed by atoms with Crippen molar-refractivity contribution in [3.8, 4) is 5.75 Å². The van der Waals surface area contributed by atoms with Crippen LogP contribution in [0.2, 0.25) is 0 Å². The van der Waals surface area contributed by atoms with Crippen LogP contribution in [0.15, 0.2) is 48.5 Å². The lowest BCUT2D eigenvalue weighted by atomic mass is 9.87. The predicted molar refractivity (Wildman–Crippen MR) is 85.1 cm³/mol. The Hall–Kier alpha value is -2.82. The van der Waals surface area contributed by atoms with Gasteiger partial charge in [0.05, 0.1) is 5.69 Å². The molecular formula is C18H16N2O3. The molecule has 5 heteroatoms. The lowest BCUT2D eigenvalue weighted by molar-refractivity contribution is -0.125. The Morgan fingerprint density at radius 2 is 1.87 bits per heavy atom. The van der Waals surface area contributed by atoms with E-state index < -0.39 is 5.54 Å². The van der Waals surface area contributed by atoms with Crippen molar-refractivity contribution in [3.63, 3.8) is 0 Å². The molecule has 0 aliphatic carbocycles. The van der Waals surface area contributed by atoms with Gasteiger partial charge in [-0.1, -0.05) is 30.3 Å². The Labute approximate surface area is 133 Å². The van der Waals surface area contributed by atoms with E-state index >= 15 is 0 Å². The number of fused-ring (bicyclic) bond motifs is 3. The fourth-order valence-corrected chi connectivity index (χ4v) is 3.71. The number of phenolic OH excluding ortho intramolecular Hbond substituents is 1. The van der Waals surface area contributed by atoms with Gasteiger partial charge < -0.3 is 15.3 Å². The molecule has 4 rings (SSSR count). The summed E-state index contributed by atoms with van der Waals surface area (Å²) in [5.74, 6) is -0.347. The van der Waals surface area contributed by atoms with Crippen LogP contribution in [0.4, 0.5) is 5.69 Å². The van der Waals surface area contributed by atoms with Crippen LogP contribution in [0.5, 0.6) is 5.75 Å². The van der Waals surface area contributed by atoms with Crippen LogP contribution in [0.3, 0.4) is 0 Å². The molecule has 2 aromatic carbocycles. The van der Waals surface area contributed by atoms with Gasteiger partial charge in [0, 0.05) is 12.1 Å². The van der Waals surface area contributed by atoms with Crippen LogP contribution in [-0.4, -0.2) is 28.4 Å². The number of anilines is 1. The SMILES string of the molecule is O=C1c2ccccc2[C@@]2(C(=O)Nc3ccccc3O)CCCN12. The molecule has 5 nitrogen and oxygen atoms in total. The third-order valence-corrected chi connectivity index (χ3v) is 4.76. The van der Waals surface area contributed by atoms with Crippen molar-refractivity contribution >= 4 is 17.5 Å². The minimum Gasteiger partial charge on any atom is -0.506 e. The number of benzene rings is 2. The fraction of sp³-hybridized carbons (Fsp3) is 0.222. The van der Waals surface area contributed by atoms with Crippen molar-refractivity contribution in [2.75, 3.05) is 11.9 Å². The van der Waals surface area contributed by atoms with E-state index in [1.807, 2.05) is 18.2 Å². The molecule has 116 valence electrons. The van der Waals surface area contributed by atoms with Gasteiger partial charge in [-0.05, 0) is 36.6 Å². The second-order valence-electron chi connectivity index (χ2n) is 5.94. The summed E-state index contributed by atoms with van der Waals surface area (Å²) in [6.07, 6.45) is 1.38. The highest BCUT2D eigenvalue weighted by Crippen LogP contribution is 2.47. The molecule has 0 aromatic heterocycles. The molecule has 2 aromatic rings. The number of nitrogens with zero attached hydrogens (tertiary/aromatic N) is 1. The zero-order valence-corrected chi connectivity index (χ0v) is 12.5. The maximum absolute atomic E-state index is 13.1. The highest BCUT2D eigenvalue weighted by molar-refractivity contribution is 6.10. The number of nitrogens with one attached hydrogen (secondary N) is 1. The maximum Gasteiger partial charge on any atom is 0.255 e. The Morgan fingerprint density at radius 3 is 2.70 bits per heavy atom. The maximum atomic E-state index is 13.1. The van der Waals surface area contributed by atoms with E-state index in [0.717, 1.165) is 12.0 Å². The number of phenols is 1. The first-order valence-corrected chi connectivity index (χ1v) is 7.65. The van der Waals surface area contributed by atoms with Crippen LogP contribution in [0, 0.1) is 0 Å². The largest absolute Gasteiger partial charge is 0.506 e. The Morgan fingerprint density at radius 1 is 1.13 bits per heavy atom. The number of hydrogen-bond donors (Lipinski definition) is 2. The number of carbonyl (C=O) groups is 2. The van der Waals surface area contributed by atoms with Gasteiger partial charge >= 0.3 is 0 Å². The number of para-hydroxylation sites is 2. The van der Waals surface area contributed by atoms with E-state index in [1.54, 1.807) is 29.2 Å². The minimum atomic E-state index is -0.962. The van der Waals surface area contributed by atoms with Crippen molar-refractivity contribution in [3.05, 3.63) is 59.7 Å². The number of amides is 2. The molecule has 2 heterocycles. The van der Waals surface area contributed by atoms with E-state index in [-0.39, 0.29) is 17.6 Å². The van der Waals surface area contributed by atoms with Crippen LogP contribution >= 0.6 is 0 Å². The number of carbonyl (C=O) groups excluding carboxylic acids is 2. The normalized spacial score (nSPS) is 21.9. The van der Waals surface area contributed by atoms with Crippen molar-refractivity contribution in [1.82, 2.24) is 4.90 Å². The number of aromatic hydroxyl groups is 1. The van der Waals surface area contributed by atoms with Crippen molar-refractivity contribution in [2.45, 2.75) is 18.4 Å². The summed E-state index contributed by atoms with van der Waals surface area (Å²) in [5, 5.41) is 12.7. The summed E-state index contributed by atoms with van der Waals surface area (Å²) < 4.78 is 0. The Balaban J connectivity index is 1.78. The van der Waals surface area contributed by atoms with E-state index in [0.29, 0.717) is 24.2 Å². The van der Waals surface area contributed by atoms with Gasteiger partial charge in [-0.15, -0.1) is 0 Å². The highest BCUT2D eigenvalue weighted by Gasteiger charge is 2.57. The van der Waals surface area contributed by atoms with Crippen molar-refractivity contribution in [1.29, 1.82) is 0 Å². The van der Waals surface area contributed by atoms with Gasteiger partial charge in [-0.3, -0.25) is 9.59 Å². The second-order valence-corrected chi connectivity index (χ2v) is 5.94. The number of rotatable bonds is 2. The van der Waals surface area contributed by atoms with E-state index in [4.69, 9.17) is 0 Å². The molecule has 1 saturated heterocycles. The molecule has 0 unspecified atom stereocenters. The molecule has 2 aliphatic heterocycles. The molecule has 0 spiro atoms. The molecule has 2 aliphatic rings. The van der Waals surface area contributed by atoms with Crippen LogP contribution in [0.25, 0.3) is 0 Å². The lowest BCUT2D eigenvalue weighted by Crippen LogP contribution is -2.48. The first kappa shape index (κ1) is 13.8. The zero-order valence-electron chi connectivity index (χ0n) is 12.5. The van der Waals surface area contributed by atoms with Gasteiger partial charge in [-0.25, -0.2) is 0 Å². The molecule has 0 bridgehead atoms. The molecule has 1 fully saturated rings. The monoisotopic (exact) mass is 308 g/mol. The third-order valence-electron chi connectivity index (χ3n) is 4.76. The summed E-state index contributed by atoms with van der Waals surface area (Å²) in [5.41, 5.74) is 0.751. The number of hydrogen-bond acceptors (Lipinski definition) is 3. The molecule has 1 atom stereocenters. The fourth-order valence-electron chi connectivity index (χ4n) is 3.71. The van der Waals surface area contributed by atoms with E-state index in [2.05, 4.69) is 5.32 Å². The summed E-state index contributed by atoms with van der Waals surface area (Å²) in [7, 11) is 0. The van der Waals surface area contributed by atoms with Crippen LogP contribution < -0.4 is 5.32 Å². The average molecular weight is 308 g/mol. The molecule has 2 amide bonds. The first-order chi connectivity index (χ1) is 11.1. The zero-order chi connectivity index (χ0) is 16.0. The molecule has 0 radical (unpaired) electrons. The van der Waals surface area contributed by atoms with Crippen LogP contribution in [0.1, 0.15) is 28.8 Å².